The van der Waals surface area contributed by atoms with Gasteiger partial charge >= 0.3 is 0 Å². The lowest BCUT2D eigenvalue weighted by Gasteiger charge is -2.10. The van der Waals surface area contributed by atoms with Crippen LogP contribution >= 0.6 is 35.4 Å². The second kappa shape index (κ2) is 5.74. The molecule has 98 valence electrons. The van der Waals surface area contributed by atoms with Crippen LogP contribution in [-0.4, -0.2) is 4.99 Å². The molecule has 19 heavy (non-hydrogen) atoms. The van der Waals surface area contributed by atoms with Gasteiger partial charge in [-0.05, 0) is 30.3 Å². The largest absolute Gasteiger partial charge is 0.389 e. The van der Waals surface area contributed by atoms with E-state index in [9.17, 15) is 4.39 Å². The summed E-state index contributed by atoms with van der Waals surface area (Å²) in [6.45, 7) is 0. The molecule has 2 nitrogen and oxygen atoms in total. The lowest BCUT2D eigenvalue weighted by atomic mass is 10.2. The Labute approximate surface area is 125 Å². The molecule has 6 heteroatoms. The highest BCUT2D eigenvalue weighted by Crippen LogP contribution is 2.32. The number of thiocarbonyl (C=S) groups is 1. The van der Waals surface area contributed by atoms with E-state index in [1.807, 2.05) is 0 Å². The third-order valence-corrected chi connectivity index (χ3v) is 3.50. The molecular weight excluding hydrogens is 306 g/mol. The fourth-order valence-corrected chi connectivity index (χ4v) is 2.06. The number of hydrogen-bond donors (Lipinski definition) is 2. The first kappa shape index (κ1) is 14.1. The van der Waals surface area contributed by atoms with Crippen molar-refractivity contribution < 1.29 is 4.39 Å². The van der Waals surface area contributed by atoms with Gasteiger partial charge in [-0.2, -0.15) is 0 Å². The first-order chi connectivity index (χ1) is 8.99. The number of nitrogens with two attached hydrogens (primary N) is 1. The van der Waals surface area contributed by atoms with Crippen LogP contribution in [0.5, 0.6) is 0 Å². The molecule has 0 aliphatic carbocycles. The van der Waals surface area contributed by atoms with Crippen LogP contribution in [0.4, 0.5) is 15.8 Å². The molecule has 0 aliphatic rings. The standard InChI is InChI=1S/C13H9Cl2FN2S/c14-9-2-1-3-11(12(9)15)18-7-4-5-8(13(17)19)10(16)6-7/h1-6,18H,(H2,17,19). The van der Waals surface area contributed by atoms with Crippen molar-refractivity contribution in [2.24, 2.45) is 5.73 Å². The van der Waals surface area contributed by atoms with Crippen LogP contribution in [0.1, 0.15) is 5.56 Å². The topological polar surface area (TPSA) is 38.0 Å². The number of hydrogen-bond acceptors (Lipinski definition) is 2. The van der Waals surface area contributed by atoms with E-state index in [0.29, 0.717) is 21.4 Å². The zero-order chi connectivity index (χ0) is 14.0. The number of rotatable bonds is 3. The highest BCUT2D eigenvalue weighted by atomic mass is 35.5. The molecule has 0 spiro atoms. The van der Waals surface area contributed by atoms with Crippen molar-refractivity contribution in [3.8, 4) is 0 Å². The Morgan fingerprint density at radius 2 is 1.95 bits per heavy atom. The summed E-state index contributed by atoms with van der Waals surface area (Å²) in [6.07, 6.45) is 0. The highest BCUT2D eigenvalue weighted by Gasteiger charge is 2.08. The Hall–Kier alpha value is -1.36. The van der Waals surface area contributed by atoms with Gasteiger partial charge in [-0.25, -0.2) is 4.39 Å². The second-order valence-electron chi connectivity index (χ2n) is 3.79. The van der Waals surface area contributed by atoms with Gasteiger partial charge in [0.05, 0.1) is 15.7 Å². The minimum atomic E-state index is -0.490. The number of anilines is 2. The van der Waals surface area contributed by atoms with Crippen LogP contribution in [0.3, 0.4) is 0 Å². The molecule has 0 fully saturated rings. The van der Waals surface area contributed by atoms with Crippen LogP contribution in [-0.2, 0) is 0 Å². The molecule has 0 amide bonds. The summed E-state index contributed by atoms with van der Waals surface area (Å²) in [5, 5.41) is 3.78. The van der Waals surface area contributed by atoms with Gasteiger partial charge in [0.15, 0.2) is 0 Å². The molecule has 2 rings (SSSR count). The van der Waals surface area contributed by atoms with Gasteiger partial charge in [-0.15, -0.1) is 0 Å². The summed E-state index contributed by atoms with van der Waals surface area (Å²) >= 11 is 16.7. The molecule has 0 atom stereocenters. The van der Waals surface area contributed by atoms with Crippen molar-refractivity contribution in [2.75, 3.05) is 5.32 Å². The van der Waals surface area contributed by atoms with Gasteiger partial charge in [0.1, 0.15) is 10.8 Å². The molecule has 0 bridgehead atoms. The average molecular weight is 315 g/mol. The normalized spacial score (nSPS) is 10.3. The van der Waals surface area contributed by atoms with Gasteiger partial charge in [0.25, 0.3) is 0 Å². The Morgan fingerprint density at radius 3 is 2.58 bits per heavy atom. The molecule has 0 aliphatic heterocycles. The predicted octanol–water partition coefficient (Wildman–Crippen LogP) is 4.51. The summed E-state index contributed by atoms with van der Waals surface area (Å²) < 4.78 is 13.7. The van der Waals surface area contributed by atoms with Crippen LogP contribution < -0.4 is 11.1 Å². The smallest absolute Gasteiger partial charge is 0.135 e. The summed E-state index contributed by atoms with van der Waals surface area (Å²) in [5.41, 5.74) is 6.72. The van der Waals surface area contributed by atoms with Gasteiger partial charge in [-0.1, -0.05) is 41.5 Å². The third-order valence-electron chi connectivity index (χ3n) is 2.47. The molecular formula is C13H9Cl2FN2S. The minimum absolute atomic E-state index is 0.0184. The van der Waals surface area contributed by atoms with Crippen LogP contribution in [0.15, 0.2) is 36.4 Å². The van der Waals surface area contributed by atoms with Gasteiger partial charge in [-0.3, -0.25) is 0 Å². The Balaban J connectivity index is 2.32. The van der Waals surface area contributed by atoms with E-state index < -0.39 is 5.82 Å². The van der Waals surface area contributed by atoms with Crippen molar-refractivity contribution in [1.29, 1.82) is 0 Å². The molecule has 2 aromatic carbocycles. The molecule has 0 radical (unpaired) electrons. The van der Waals surface area contributed by atoms with Crippen molar-refractivity contribution in [1.82, 2.24) is 0 Å². The van der Waals surface area contributed by atoms with E-state index in [-0.39, 0.29) is 10.6 Å². The van der Waals surface area contributed by atoms with Crippen molar-refractivity contribution in [3.05, 3.63) is 57.8 Å². The number of nitrogens with one attached hydrogen (secondary N) is 1. The molecule has 0 saturated heterocycles. The second-order valence-corrected chi connectivity index (χ2v) is 5.01. The molecule has 3 N–H and O–H groups in total. The summed E-state index contributed by atoms with van der Waals surface area (Å²) in [4.78, 5) is 0.0184. The Kier molecular flexibility index (Phi) is 4.24. The summed E-state index contributed by atoms with van der Waals surface area (Å²) in [6, 6.07) is 9.63. The SMILES string of the molecule is NC(=S)c1ccc(Nc2cccc(Cl)c2Cl)cc1F. The molecule has 0 aromatic heterocycles. The van der Waals surface area contributed by atoms with Crippen LogP contribution in [0, 0.1) is 5.82 Å². The van der Waals surface area contributed by atoms with Crippen molar-refractivity contribution in [2.45, 2.75) is 0 Å². The van der Waals surface area contributed by atoms with E-state index in [2.05, 4.69) is 5.32 Å². The van der Waals surface area contributed by atoms with Crippen molar-refractivity contribution in [3.63, 3.8) is 0 Å². The van der Waals surface area contributed by atoms with Crippen LogP contribution in [0.25, 0.3) is 0 Å². The van der Waals surface area contributed by atoms with Gasteiger partial charge in [0, 0.05) is 11.3 Å². The van der Waals surface area contributed by atoms with E-state index >= 15 is 0 Å². The highest BCUT2D eigenvalue weighted by molar-refractivity contribution is 7.80. The Morgan fingerprint density at radius 1 is 1.21 bits per heavy atom. The van der Waals surface area contributed by atoms with Crippen LogP contribution in [0.2, 0.25) is 10.0 Å². The van der Waals surface area contributed by atoms with E-state index in [0.717, 1.165) is 0 Å². The summed E-state index contributed by atoms with van der Waals surface area (Å²) in [7, 11) is 0. The maximum atomic E-state index is 13.7. The Bertz CT molecular complexity index is 647. The molecule has 0 heterocycles. The maximum Gasteiger partial charge on any atom is 0.135 e. The lowest BCUT2D eigenvalue weighted by molar-refractivity contribution is 0.626. The average Bonchev–Trinajstić information content (AvgIpc) is 2.34. The summed E-state index contributed by atoms with van der Waals surface area (Å²) in [5.74, 6) is -0.490. The maximum absolute atomic E-state index is 13.7. The number of benzene rings is 2. The minimum Gasteiger partial charge on any atom is -0.389 e. The zero-order valence-corrected chi connectivity index (χ0v) is 11.9. The quantitative estimate of drug-likeness (QED) is 0.819. The van der Waals surface area contributed by atoms with Crippen molar-refractivity contribution >= 4 is 51.8 Å². The first-order valence-electron chi connectivity index (χ1n) is 5.29. The lowest BCUT2D eigenvalue weighted by Crippen LogP contribution is -2.11. The zero-order valence-electron chi connectivity index (χ0n) is 9.58. The van der Waals surface area contributed by atoms with E-state index in [1.54, 1.807) is 24.3 Å². The van der Waals surface area contributed by atoms with Gasteiger partial charge in [0.2, 0.25) is 0 Å². The fraction of sp³-hybridized carbons (Fsp3) is 0. The first-order valence-corrected chi connectivity index (χ1v) is 6.46. The van der Waals surface area contributed by atoms with Gasteiger partial charge < -0.3 is 11.1 Å². The predicted molar refractivity (Wildman–Crippen MR) is 82.0 cm³/mol. The third kappa shape index (κ3) is 3.15. The molecule has 2 aromatic rings. The monoisotopic (exact) mass is 314 g/mol. The van der Waals surface area contributed by atoms with E-state index in [4.69, 9.17) is 41.2 Å². The van der Waals surface area contributed by atoms with E-state index in [1.165, 1.54) is 12.1 Å². The molecule has 0 saturated carbocycles. The fourth-order valence-electron chi connectivity index (χ4n) is 1.55. The molecule has 0 unspecified atom stereocenters. The number of halogens is 3.